The minimum absolute atomic E-state index is 0.0889. The van der Waals surface area contributed by atoms with Crippen LogP contribution in [0.1, 0.15) is 26.3 Å². The molecule has 0 bridgehead atoms. The van der Waals surface area contributed by atoms with Gasteiger partial charge in [-0.3, -0.25) is 0 Å². The fraction of sp³-hybridized carbons (Fsp3) is 0.176. The van der Waals surface area contributed by atoms with Gasteiger partial charge in [-0.05, 0) is 41.0 Å². The lowest BCUT2D eigenvalue weighted by atomic mass is 9.98. The first-order valence-corrected chi connectivity index (χ1v) is 6.61. The fourth-order valence-electron chi connectivity index (χ4n) is 2.11. The van der Waals surface area contributed by atoms with Crippen LogP contribution in [-0.4, -0.2) is 31.3 Å². The van der Waals surface area contributed by atoms with Crippen molar-refractivity contribution in [1.82, 2.24) is 0 Å². The molecule has 0 aliphatic heterocycles. The van der Waals surface area contributed by atoms with Gasteiger partial charge in [0.25, 0.3) is 0 Å². The maximum Gasteiger partial charge on any atom is 0.337 e. The number of esters is 2. The summed E-state index contributed by atoms with van der Waals surface area (Å²) in [5, 5.41) is 9.22. The van der Waals surface area contributed by atoms with Crippen LogP contribution in [0.5, 0.6) is 0 Å². The van der Waals surface area contributed by atoms with Crippen molar-refractivity contribution in [3.05, 3.63) is 59.2 Å². The Labute approximate surface area is 128 Å². The molecule has 2 rings (SSSR count). The zero-order valence-electron chi connectivity index (χ0n) is 12.3. The average Bonchev–Trinajstić information content (AvgIpc) is 2.59. The molecule has 5 heteroatoms. The highest BCUT2D eigenvalue weighted by molar-refractivity contribution is 5.97. The first-order chi connectivity index (χ1) is 10.6. The van der Waals surface area contributed by atoms with E-state index in [4.69, 9.17) is 9.47 Å². The third kappa shape index (κ3) is 3.32. The second kappa shape index (κ2) is 6.87. The summed E-state index contributed by atoms with van der Waals surface area (Å²) in [6, 6.07) is 11.9. The molecule has 22 heavy (non-hydrogen) atoms. The molecular formula is C17H16O5. The number of hydrogen-bond donors (Lipinski definition) is 1. The van der Waals surface area contributed by atoms with Gasteiger partial charge in [0.1, 0.15) is 0 Å². The molecule has 114 valence electrons. The lowest BCUT2D eigenvalue weighted by molar-refractivity contribution is 0.0599. The van der Waals surface area contributed by atoms with E-state index in [1.807, 2.05) is 6.07 Å². The topological polar surface area (TPSA) is 72.8 Å². The van der Waals surface area contributed by atoms with Gasteiger partial charge < -0.3 is 14.6 Å². The monoisotopic (exact) mass is 300 g/mol. The molecule has 0 aromatic heterocycles. The summed E-state index contributed by atoms with van der Waals surface area (Å²) < 4.78 is 9.42. The fourth-order valence-corrected chi connectivity index (χ4v) is 2.11. The highest BCUT2D eigenvalue weighted by Crippen LogP contribution is 2.24. The zero-order valence-corrected chi connectivity index (χ0v) is 12.3. The van der Waals surface area contributed by atoms with E-state index in [1.165, 1.54) is 20.3 Å². The van der Waals surface area contributed by atoms with Gasteiger partial charge in [-0.2, -0.15) is 0 Å². The Morgan fingerprint density at radius 2 is 1.50 bits per heavy atom. The van der Waals surface area contributed by atoms with Crippen LogP contribution in [0.15, 0.2) is 42.5 Å². The van der Waals surface area contributed by atoms with E-state index in [9.17, 15) is 14.7 Å². The molecular weight excluding hydrogens is 284 g/mol. The van der Waals surface area contributed by atoms with Crippen molar-refractivity contribution in [2.75, 3.05) is 14.2 Å². The Balaban J connectivity index is 2.58. The first-order valence-electron chi connectivity index (χ1n) is 6.61. The van der Waals surface area contributed by atoms with E-state index in [0.29, 0.717) is 5.56 Å². The number of ether oxygens (including phenoxy) is 2. The Hall–Kier alpha value is -2.66. The predicted octanol–water partition coefficient (Wildman–Crippen LogP) is 2.42. The van der Waals surface area contributed by atoms with Crippen LogP contribution in [0.4, 0.5) is 0 Å². The molecule has 0 unspecified atom stereocenters. The van der Waals surface area contributed by atoms with Crippen molar-refractivity contribution in [2.45, 2.75) is 6.61 Å². The number of benzene rings is 2. The summed E-state index contributed by atoms with van der Waals surface area (Å²) in [7, 11) is 2.55. The Morgan fingerprint density at radius 3 is 2.00 bits per heavy atom. The first kappa shape index (κ1) is 15.7. The molecule has 2 aromatic carbocycles. The number of carbonyl (C=O) groups is 2. The third-order valence-electron chi connectivity index (χ3n) is 3.22. The van der Waals surface area contributed by atoms with Crippen LogP contribution in [0.2, 0.25) is 0 Å². The van der Waals surface area contributed by atoms with Crippen molar-refractivity contribution in [1.29, 1.82) is 0 Å². The highest BCUT2D eigenvalue weighted by Gasteiger charge is 2.14. The van der Waals surface area contributed by atoms with Crippen LogP contribution >= 0.6 is 0 Å². The number of aliphatic hydroxyl groups excluding tert-OH is 1. The standard InChI is InChI=1S/C17H16O5/c1-21-16(19)14-7-13(8-15(9-14)17(20)22-2)12-5-3-4-11(6-12)10-18/h3-9,18H,10H2,1-2H3. The Bertz CT molecular complexity index is 672. The van der Waals surface area contributed by atoms with E-state index >= 15 is 0 Å². The Kier molecular flexibility index (Phi) is 4.91. The number of aliphatic hydroxyl groups is 1. The van der Waals surface area contributed by atoms with Crippen molar-refractivity contribution in [2.24, 2.45) is 0 Å². The minimum Gasteiger partial charge on any atom is -0.465 e. The summed E-state index contributed by atoms with van der Waals surface area (Å²) in [5.41, 5.74) is 2.70. The second-order valence-electron chi connectivity index (χ2n) is 4.64. The molecule has 5 nitrogen and oxygen atoms in total. The molecule has 0 radical (unpaired) electrons. The molecule has 0 heterocycles. The molecule has 1 N–H and O–H groups in total. The lowest BCUT2D eigenvalue weighted by Gasteiger charge is -2.09. The van der Waals surface area contributed by atoms with Gasteiger partial charge in [-0.25, -0.2) is 9.59 Å². The number of methoxy groups -OCH3 is 2. The van der Waals surface area contributed by atoms with Gasteiger partial charge in [-0.1, -0.05) is 18.2 Å². The molecule has 0 spiro atoms. The maximum absolute atomic E-state index is 11.8. The second-order valence-corrected chi connectivity index (χ2v) is 4.64. The quantitative estimate of drug-likeness (QED) is 0.878. The SMILES string of the molecule is COC(=O)c1cc(C(=O)OC)cc(-c2cccc(CO)c2)c1. The van der Waals surface area contributed by atoms with Gasteiger partial charge >= 0.3 is 11.9 Å². The van der Waals surface area contributed by atoms with Gasteiger partial charge in [0.2, 0.25) is 0 Å². The van der Waals surface area contributed by atoms with E-state index in [2.05, 4.69) is 0 Å². The van der Waals surface area contributed by atoms with Crippen LogP contribution in [0.3, 0.4) is 0 Å². The van der Waals surface area contributed by atoms with Gasteiger partial charge in [0, 0.05) is 0 Å². The normalized spacial score (nSPS) is 10.1. The summed E-state index contributed by atoms with van der Waals surface area (Å²) in [6.07, 6.45) is 0. The van der Waals surface area contributed by atoms with E-state index < -0.39 is 11.9 Å². The molecule has 0 amide bonds. The third-order valence-corrected chi connectivity index (χ3v) is 3.22. The summed E-state index contributed by atoms with van der Waals surface area (Å²) in [6.45, 7) is -0.0889. The van der Waals surface area contributed by atoms with Crippen molar-refractivity contribution in [3.63, 3.8) is 0 Å². The zero-order chi connectivity index (χ0) is 16.1. The van der Waals surface area contributed by atoms with Crippen molar-refractivity contribution >= 4 is 11.9 Å². The lowest BCUT2D eigenvalue weighted by Crippen LogP contribution is -2.07. The summed E-state index contributed by atoms with van der Waals surface area (Å²) in [5.74, 6) is -1.07. The van der Waals surface area contributed by atoms with E-state index in [1.54, 1.807) is 30.3 Å². The van der Waals surface area contributed by atoms with Gasteiger partial charge in [0.15, 0.2) is 0 Å². The predicted molar refractivity (Wildman–Crippen MR) is 80.5 cm³/mol. The van der Waals surface area contributed by atoms with Crippen molar-refractivity contribution in [3.8, 4) is 11.1 Å². The maximum atomic E-state index is 11.8. The van der Waals surface area contributed by atoms with Crippen LogP contribution in [-0.2, 0) is 16.1 Å². The number of rotatable bonds is 4. The van der Waals surface area contributed by atoms with E-state index in [-0.39, 0.29) is 17.7 Å². The molecule has 0 saturated heterocycles. The average molecular weight is 300 g/mol. The molecule has 0 atom stereocenters. The summed E-state index contributed by atoms with van der Waals surface area (Å²) in [4.78, 5) is 23.5. The van der Waals surface area contributed by atoms with Gasteiger partial charge in [-0.15, -0.1) is 0 Å². The number of carbonyl (C=O) groups excluding carboxylic acids is 2. The van der Waals surface area contributed by atoms with Crippen molar-refractivity contribution < 1.29 is 24.2 Å². The minimum atomic E-state index is -0.537. The highest BCUT2D eigenvalue weighted by atomic mass is 16.5. The molecule has 0 aliphatic carbocycles. The molecule has 2 aromatic rings. The Morgan fingerprint density at radius 1 is 0.909 bits per heavy atom. The van der Waals surface area contributed by atoms with Crippen LogP contribution in [0.25, 0.3) is 11.1 Å². The molecule has 0 aliphatic rings. The van der Waals surface area contributed by atoms with E-state index in [0.717, 1.165) is 11.1 Å². The smallest absolute Gasteiger partial charge is 0.337 e. The summed E-state index contributed by atoms with van der Waals surface area (Å²) >= 11 is 0. The van der Waals surface area contributed by atoms with Crippen LogP contribution in [0, 0.1) is 0 Å². The molecule has 0 saturated carbocycles. The van der Waals surface area contributed by atoms with Crippen LogP contribution < -0.4 is 0 Å². The largest absolute Gasteiger partial charge is 0.465 e. The number of hydrogen-bond acceptors (Lipinski definition) is 5. The molecule has 0 fully saturated rings. The van der Waals surface area contributed by atoms with Gasteiger partial charge in [0.05, 0.1) is 32.0 Å².